The second kappa shape index (κ2) is 5.61. The second-order valence-electron chi connectivity index (χ2n) is 5.61. The number of carbonyl (C=O) groups is 2. The molecule has 1 saturated carbocycles. The summed E-state index contributed by atoms with van der Waals surface area (Å²) in [6.45, 7) is 0.867. The van der Waals surface area contributed by atoms with Crippen LogP contribution >= 0.6 is 27.3 Å². The van der Waals surface area contributed by atoms with Crippen molar-refractivity contribution in [3.8, 4) is 5.75 Å². The van der Waals surface area contributed by atoms with E-state index in [2.05, 4.69) is 15.9 Å². The summed E-state index contributed by atoms with van der Waals surface area (Å²) in [5.74, 6) is -0.0846. The molecule has 0 spiro atoms. The van der Waals surface area contributed by atoms with Crippen LogP contribution in [-0.4, -0.2) is 42.1 Å². The Kier molecular flexibility index (Phi) is 3.96. The quantitative estimate of drug-likeness (QED) is 0.880. The lowest BCUT2D eigenvalue weighted by atomic mass is 9.92. The van der Waals surface area contributed by atoms with Gasteiger partial charge >= 0.3 is 5.97 Å². The van der Waals surface area contributed by atoms with Crippen molar-refractivity contribution in [3.05, 3.63) is 14.7 Å². The molecule has 5 nitrogen and oxygen atoms in total. The zero-order valence-electron chi connectivity index (χ0n) is 11.5. The van der Waals surface area contributed by atoms with E-state index in [9.17, 15) is 14.7 Å². The minimum absolute atomic E-state index is 0.0987. The summed E-state index contributed by atoms with van der Waals surface area (Å²) in [4.78, 5) is 26.2. The number of amides is 1. The van der Waals surface area contributed by atoms with Crippen molar-refractivity contribution in [2.45, 2.75) is 12.8 Å². The third-order valence-electron chi connectivity index (χ3n) is 4.28. The van der Waals surface area contributed by atoms with Gasteiger partial charge in [-0.1, -0.05) is 0 Å². The number of carboxylic acids is 1. The highest BCUT2D eigenvalue weighted by Crippen LogP contribution is 2.44. The van der Waals surface area contributed by atoms with Crippen LogP contribution in [0.1, 0.15) is 22.5 Å². The first kappa shape index (κ1) is 14.8. The van der Waals surface area contributed by atoms with Crippen LogP contribution < -0.4 is 4.74 Å². The van der Waals surface area contributed by atoms with E-state index in [-0.39, 0.29) is 11.8 Å². The molecule has 114 valence electrons. The topological polar surface area (TPSA) is 66.8 Å². The van der Waals surface area contributed by atoms with Crippen LogP contribution in [0.5, 0.6) is 5.75 Å². The molecule has 0 radical (unpaired) electrons. The minimum Gasteiger partial charge on any atom is -0.495 e. The molecule has 1 N–H and O–H groups in total. The Labute approximate surface area is 135 Å². The molecule has 2 aliphatic rings. The van der Waals surface area contributed by atoms with Gasteiger partial charge in [0.05, 0.1) is 17.9 Å². The number of thiophene rings is 1. The number of nitrogens with zero attached hydrogens (tertiary/aromatic N) is 1. The molecule has 1 aromatic heterocycles. The monoisotopic (exact) mass is 373 g/mol. The van der Waals surface area contributed by atoms with Gasteiger partial charge in [-0.2, -0.15) is 0 Å². The lowest BCUT2D eigenvalue weighted by Crippen LogP contribution is -2.29. The van der Waals surface area contributed by atoms with E-state index in [1.54, 1.807) is 18.1 Å². The average molecular weight is 374 g/mol. The van der Waals surface area contributed by atoms with Crippen molar-refractivity contribution < 1.29 is 19.4 Å². The number of hydrogen-bond donors (Lipinski definition) is 1. The van der Waals surface area contributed by atoms with Gasteiger partial charge in [0.25, 0.3) is 5.91 Å². The molecule has 1 aliphatic carbocycles. The predicted molar refractivity (Wildman–Crippen MR) is 81.8 cm³/mol. The first-order valence-corrected chi connectivity index (χ1v) is 8.47. The normalized spacial score (nSPS) is 25.1. The third kappa shape index (κ3) is 2.81. The van der Waals surface area contributed by atoms with E-state index < -0.39 is 11.9 Å². The number of carbonyl (C=O) groups excluding carboxylic acids is 1. The van der Waals surface area contributed by atoms with Gasteiger partial charge in [-0.25, -0.2) is 0 Å². The van der Waals surface area contributed by atoms with Crippen LogP contribution in [0.3, 0.4) is 0 Å². The van der Waals surface area contributed by atoms with Gasteiger partial charge in [-0.3, -0.25) is 9.59 Å². The van der Waals surface area contributed by atoms with E-state index >= 15 is 0 Å². The molecule has 7 heteroatoms. The van der Waals surface area contributed by atoms with Gasteiger partial charge in [-0.15, -0.1) is 11.3 Å². The number of aliphatic carboxylic acids is 1. The summed E-state index contributed by atoms with van der Waals surface area (Å²) >= 11 is 4.68. The maximum absolute atomic E-state index is 12.6. The molecule has 0 unspecified atom stereocenters. The van der Waals surface area contributed by atoms with Crippen molar-refractivity contribution in [2.24, 2.45) is 17.8 Å². The molecule has 2 heterocycles. The van der Waals surface area contributed by atoms with E-state index in [0.717, 1.165) is 16.6 Å². The number of rotatable bonds is 4. The van der Waals surface area contributed by atoms with Gasteiger partial charge in [-0.05, 0) is 40.6 Å². The summed E-state index contributed by atoms with van der Waals surface area (Å²) in [6, 6.07) is 1.71. The second-order valence-corrected chi connectivity index (χ2v) is 7.98. The zero-order chi connectivity index (χ0) is 15.1. The van der Waals surface area contributed by atoms with Crippen molar-refractivity contribution in [1.29, 1.82) is 0 Å². The lowest BCUT2D eigenvalue weighted by molar-refractivity contribution is -0.142. The highest BCUT2D eigenvalue weighted by Gasteiger charge is 2.47. The lowest BCUT2D eigenvalue weighted by Gasteiger charge is -2.14. The van der Waals surface area contributed by atoms with E-state index in [1.165, 1.54) is 11.3 Å². The van der Waals surface area contributed by atoms with Crippen molar-refractivity contribution in [1.82, 2.24) is 4.90 Å². The predicted octanol–water partition coefficient (Wildman–Crippen LogP) is 2.70. The minimum atomic E-state index is -0.785. The Morgan fingerprint density at radius 3 is 2.67 bits per heavy atom. The first-order valence-electron chi connectivity index (χ1n) is 6.86. The number of methoxy groups -OCH3 is 1. The summed E-state index contributed by atoms with van der Waals surface area (Å²) < 4.78 is 5.94. The maximum Gasteiger partial charge on any atom is 0.308 e. The summed E-state index contributed by atoms with van der Waals surface area (Å²) in [5, 5.41) is 9.35. The highest BCUT2D eigenvalue weighted by atomic mass is 79.9. The molecule has 21 heavy (non-hydrogen) atoms. The fraction of sp³-hybridized carbons (Fsp3) is 0.571. The Morgan fingerprint density at radius 1 is 1.43 bits per heavy atom. The number of halogens is 1. The van der Waals surface area contributed by atoms with E-state index in [1.807, 2.05) is 0 Å². The average Bonchev–Trinajstić information content (AvgIpc) is 3.08. The van der Waals surface area contributed by atoms with Crippen LogP contribution in [0.25, 0.3) is 0 Å². The largest absolute Gasteiger partial charge is 0.495 e. The van der Waals surface area contributed by atoms with Crippen LogP contribution in [0.2, 0.25) is 0 Å². The van der Waals surface area contributed by atoms with Gasteiger partial charge in [0, 0.05) is 19.2 Å². The Hall–Kier alpha value is -1.08. The molecule has 3 rings (SSSR count). The number of hydrogen-bond acceptors (Lipinski definition) is 4. The molecule has 1 aliphatic heterocycles. The standard InChI is InChI=1S/C14H16BrNO4S/c1-20-10-4-11(21-12(10)15)13(17)16-5-8(7-2-3-7)9(6-16)14(18)19/h4,7-9H,2-3,5-6H2,1H3,(H,18,19)/t8-,9+/m1/s1. The Balaban J connectivity index is 1.77. The maximum atomic E-state index is 12.6. The zero-order valence-corrected chi connectivity index (χ0v) is 13.9. The van der Waals surface area contributed by atoms with Gasteiger partial charge in [0.15, 0.2) is 0 Å². The van der Waals surface area contributed by atoms with Gasteiger partial charge < -0.3 is 14.7 Å². The van der Waals surface area contributed by atoms with Crippen molar-refractivity contribution in [3.63, 3.8) is 0 Å². The van der Waals surface area contributed by atoms with Crippen LogP contribution in [0.4, 0.5) is 0 Å². The molecular weight excluding hydrogens is 358 g/mol. The Morgan fingerprint density at radius 2 is 2.14 bits per heavy atom. The summed E-state index contributed by atoms with van der Waals surface area (Å²) in [7, 11) is 1.56. The fourth-order valence-corrected chi connectivity index (χ4v) is 4.63. The molecular formula is C14H16BrNO4S. The van der Waals surface area contributed by atoms with E-state index in [0.29, 0.717) is 29.6 Å². The smallest absolute Gasteiger partial charge is 0.308 e. The molecule has 1 saturated heterocycles. The van der Waals surface area contributed by atoms with E-state index in [4.69, 9.17) is 4.74 Å². The summed E-state index contributed by atoms with van der Waals surface area (Å²) in [6.07, 6.45) is 2.18. The molecule has 1 aromatic rings. The Bertz CT molecular complexity index is 584. The van der Waals surface area contributed by atoms with Crippen molar-refractivity contribution >= 4 is 39.1 Å². The molecule has 2 fully saturated rings. The number of ether oxygens (including phenoxy) is 1. The fourth-order valence-electron chi connectivity index (χ4n) is 3.01. The SMILES string of the molecule is COc1cc(C(=O)N2C[C@H](C(=O)O)[C@@H](C3CC3)C2)sc1Br. The number of likely N-dealkylation sites (tertiary alicyclic amines) is 1. The molecule has 0 aromatic carbocycles. The number of carboxylic acid groups (broad SMARTS) is 1. The van der Waals surface area contributed by atoms with Crippen LogP contribution in [-0.2, 0) is 4.79 Å². The van der Waals surface area contributed by atoms with Crippen LogP contribution in [0.15, 0.2) is 9.85 Å². The van der Waals surface area contributed by atoms with Gasteiger partial charge in [0.2, 0.25) is 0 Å². The highest BCUT2D eigenvalue weighted by molar-refractivity contribution is 9.11. The first-order chi connectivity index (χ1) is 10.0. The molecule has 0 bridgehead atoms. The van der Waals surface area contributed by atoms with Gasteiger partial charge in [0.1, 0.15) is 9.54 Å². The van der Waals surface area contributed by atoms with Crippen LogP contribution in [0, 0.1) is 17.8 Å². The van der Waals surface area contributed by atoms with Crippen molar-refractivity contribution in [2.75, 3.05) is 20.2 Å². The third-order valence-corrected chi connectivity index (χ3v) is 6.05. The molecule has 2 atom stereocenters. The molecule has 1 amide bonds. The summed E-state index contributed by atoms with van der Waals surface area (Å²) in [5.41, 5.74) is 0.